The quantitative estimate of drug-likeness (QED) is 0.370. The third-order valence-corrected chi connectivity index (χ3v) is 8.73. The van der Waals surface area contributed by atoms with Crippen LogP contribution in [-0.2, 0) is 14.7 Å². The molecule has 12 heteroatoms. The molecule has 0 aliphatic carbocycles. The van der Waals surface area contributed by atoms with Crippen molar-refractivity contribution in [3.8, 4) is 17.2 Å². The van der Waals surface area contributed by atoms with E-state index in [0.717, 1.165) is 23.5 Å². The van der Waals surface area contributed by atoms with Gasteiger partial charge in [0.15, 0.2) is 11.5 Å². The fourth-order valence-corrected chi connectivity index (χ4v) is 6.78. The number of para-hydroxylation sites is 4. The van der Waals surface area contributed by atoms with Crippen molar-refractivity contribution < 1.29 is 36.7 Å². The number of hydrogen-bond donors (Lipinski definition) is 2. The minimum absolute atomic E-state index is 0.0548. The van der Waals surface area contributed by atoms with E-state index in [1.807, 2.05) is 60.4 Å². The number of benzene rings is 3. The van der Waals surface area contributed by atoms with Gasteiger partial charge in [-0.3, -0.25) is 0 Å². The van der Waals surface area contributed by atoms with Crippen molar-refractivity contribution in [3.63, 3.8) is 0 Å². The molecule has 1 unspecified atom stereocenters. The van der Waals surface area contributed by atoms with E-state index >= 15 is 0 Å². The predicted molar refractivity (Wildman–Crippen MR) is 144 cm³/mol. The highest BCUT2D eigenvalue weighted by Crippen LogP contribution is 2.48. The number of nitrogens with one attached hydrogen (secondary N) is 1. The lowest BCUT2D eigenvalue weighted by Crippen LogP contribution is -2.54. The topological polar surface area (TPSA) is 92.6 Å². The van der Waals surface area contributed by atoms with Gasteiger partial charge in [0.1, 0.15) is 15.7 Å². The molecule has 0 amide bonds. The number of aliphatic hydroxyl groups excluding tert-OH is 1. The van der Waals surface area contributed by atoms with Crippen LogP contribution >= 0.6 is 0 Å². The first-order valence-electron chi connectivity index (χ1n) is 13.0. The Balaban J connectivity index is 1.47. The van der Waals surface area contributed by atoms with E-state index in [4.69, 9.17) is 9.47 Å². The van der Waals surface area contributed by atoms with Crippen molar-refractivity contribution in [3.05, 3.63) is 72.8 Å². The summed E-state index contributed by atoms with van der Waals surface area (Å²) in [5.74, 6) is 0.855. The van der Waals surface area contributed by atoms with Crippen LogP contribution in [0.5, 0.6) is 17.2 Å². The number of hydrogen-bond acceptors (Lipinski definition) is 7. The molecule has 0 spiro atoms. The highest BCUT2D eigenvalue weighted by Gasteiger charge is 2.40. The van der Waals surface area contributed by atoms with E-state index in [9.17, 15) is 22.5 Å². The second kappa shape index (κ2) is 11.7. The van der Waals surface area contributed by atoms with E-state index in [-0.39, 0.29) is 18.0 Å². The molecular weight excluding hydrogens is 547 g/mol. The Kier molecular flexibility index (Phi) is 8.22. The standard InChI is InChI=1S/C28H30F3N3O5S/c1-2-16-32-40(36,20-13-11-19(12-14-20)39-28(29,30)31)33-21-18-37-17-15-24(27(21)35)34-22-7-3-5-9-25(22)38-26-10-6-4-8-23(26)34/h3-14,21,24,27,35H,2,15-18H2,1H3,(H,32,33,36)/t21-,24-,27-,40?/m1/s1. The summed E-state index contributed by atoms with van der Waals surface area (Å²) in [6.07, 6.45) is -4.84. The molecular formula is C28H30F3N3O5S. The molecule has 2 aliphatic rings. The smallest absolute Gasteiger partial charge is 0.453 e. The Morgan fingerprint density at radius 2 is 1.68 bits per heavy atom. The number of halogens is 3. The molecule has 4 atom stereocenters. The van der Waals surface area contributed by atoms with Crippen molar-refractivity contribution in [2.75, 3.05) is 24.7 Å². The van der Waals surface area contributed by atoms with Gasteiger partial charge in [-0.15, -0.1) is 13.2 Å². The molecule has 2 heterocycles. The molecule has 2 aliphatic heterocycles. The highest BCUT2D eigenvalue weighted by molar-refractivity contribution is 7.91. The molecule has 2 N–H and O–H groups in total. The van der Waals surface area contributed by atoms with Crippen LogP contribution in [0.4, 0.5) is 24.5 Å². The first kappa shape index (κ1) is 28.2. The van der Waals surface area contributed by atoms with Crippen molar-refractivity contribution in [2.45, 2.75) is 49.2 Å². The Labute approximate surface area is 231 Å². The van der Waals surface area contributed by atoms with Crippen LogP contribution in [0, 0.1) is 0 Å². The first-order chi connectivity index (χ1) is 19.2. The van der Waals surface area contributed by atoms with E-state index in [2.05, 4.69) is 13.8 Å². The van der Waals surface area contributed by atoms with E-state index in [0.29, 0.717) is 30.9 Å². The summed E-state index contributed by atoms with van der Waals surface area (Å²) in [7, 11) is -3.36. The lowest BCUT2D eigenvalue weighted by Gasteiger charge is -2.41. The minimum Gasteiger partial charge on any atom is -0.453 e. The number of ether oxygens (including phenoxy) is 3. The van der Waals surface area contributed by atoms with Gasteiger partial charge in [0.05, 0.1) is 41.1 Å². The number of alkyl halides is 3. The van der Waals surface area contributed by atoms with Gasteiger partial charge in [0, 0.05) is 13.2 Å². The third kappa shape index (κ3) is 6.04. The van der Waals surface area contributed by atoms with Gasteiger partial charge < -0.3 is 24.2 Å². The molecule has 8 nitrogen and oxygen atoms in total. The maximum atomic E-state index is 14.2. The molecule has 5 rings (SSSR count). The maximum Gasteiger partial charge on any atom is 0.573 e. The molecule has 214 valence electrons. The molecule has 1 saturated heterocycles. The van der Waals surface area contributed by atoms with Crippen LogP contribution in [0.2, 0.25) is 0 Å². The SMILES string of the molecule is CCCN=S(=O)(N[C@@H]1COCC[C@@H](N2c3ccccc3Oc3ccccc32)[C@@H]1O)c1ccc(OC(F)(F)F)cc1. The summed E-state index contributed by atoms with van der Waals surface area (Å²) in [5.41, 5.74) is 1.56. The van der Waals surface area contributed by atoms with Crippen LogP contribution in [-0.4, -0.2) is 53.6 Å². The van der Waals surface area contributed by atoms with Crippen molar-refractivity contribution >= 4 is 21.3 Å². The second-order valence-corrected chi connectivity index (χ2v) is 11.5. The lowest BCUT2D eigenvalue weighted by atomic mass is 9.98. The molecule has 3 aromatic rings. The Hall–Kier alpha value is -3.32. The molecule has 40 heavy (non-hydrogen) atoms. The molecule has 3 aromatic carbocycles. The Morgan fingerprint density at radius 3 is 2.27 bits per heavy atom. The largest absolute Gasteiger partial charge is 0.573 e. The number of nitrogens with zero attached hydrogens (tertiary/aromatic N) is 2. The van der Waals surface area contributed by atoms with Crippen molar-refractivity contribution in [1.29, 1.82) is 0 Å². The van der Waals surface area contributed by atoms with Gasteiger partial charge in [-0.25, -0.2) is 13.3 Å². The van der Waals surface area contributed by atoms with Crippen LogP contribution in [0.15, 0.2) is 82.1 Å². The number of aliphatic hydroxyl groups is 1. The van der Waals surface area contributed by atoms with Crippen LogP contribution in [0.3, 0.4) is 0 Å². The van der Waals surface area contributed by atoms with Crippen LogP contribution in [0.1, 0.15) is 19.8 Å². The van der Waals surface area contributed by atoms with Gasteiger partial charge in [0.25, 0.3) is 0 Å². The zero-order valence-electron chi connectivity index (χ0n) is 21.7. The predicted octanol–water partition coefficient (Wildman–Crippen LogP) is 5.79. The van der Waals surface area contributed by atoms with E-state index in [1.54, 1.807) is 0 Å². The highest BCUT2D eigenvalue weighted by atomic mass is 32.2. The monoisotopic (exact) mass is 577 g/mol. The molecule has 1 fully saturated rings. The normalized spacial score (nSPS) is 22.2. The minimum atomic E-state index is -4.85. The molecule has 0 radical (unpaired) electrons. The summed E-state index contributed by atoms with van der Waals surface area (Å²) in [4.78, 5) is 2.20. The van der Waals surface area contributed by atoms with Crippen molar-refractivity contribution in [2.24, 2.45) is 4.36 Å². The summed E-state index contributed by atoms with van der Waals surface area (Å²) in [6, 6.07) is 18.5. The number of fused-ring (bicyclic) bond motifs is 2. The van der Waals surface area contributed by atoms with Crippen LogP contribution < -0.4 is 19.1 Å². The number of anilines is 2. The van der Waals surface area contributed by atoms with Crippen LogP contribution in [0.25, 0.3) is 0 Å². The van der Waals surface area contributed by atoms with Gasteiger partial charge in [-0.05, 0) is 61.4 Å². The summed E-state index contributed by atoms with van der Waals surface area (Å²) in [5, 5.41) is 11.8. The van der Waals surface area contributed by atoms with Crippen molar-refractivity contribution in [1.82, 2.24) is 4.72 Å². The lowest BCUT2D eigenvalue weighted by molar-refractivity contribution is -0.274. The molecule has 0 saturated carbocycles. The zero-order valence-corrected chi connectivity index (χ0v) is 22.5. The van der Waals surface area contributed by atoms with Gasteiger partial charge in [-0.2, -0.15) is 0 Å². The number of rotatable bonds is 7. The van der Waals surface area contributed by atoms with E-state index < -0.39 is 40.2 Å². The second-order valence-electron chi connectivity index (χ2n) is 9.45. The molecule has 0 aromatic heterocycles. The fraction of sp³-hybridized carbons (Fsp3) is 0.357. The van der Waals surface area contributed by atoms with Gasteiger partial charge in [0.2, 0.25) is 0 Å². The van der Waals surface area contributed by atoms with Gasteiger partial charge >= 0.3 is 6.36 Å². The van der Waals surface area contributed by atoms with Gasteiger partial charge in [-0.1, -0.05) is 31.2 Å². The Bertz CT molecular complexity index is 1400. The van der Waals surface area contributed by atoms with E-state index in [1.165, 1.54) is 12.1 Å². The first-order valence-corrected chi connectivity index (χ1v) is 14.5. The third-order valence-electron chi connectivity index (χ3n) is 6.65. The maximum absolute atomic E-state index is 14.2. The fourth-order valence-electron chi connectivity index (χ4n) is 4.86. The summed E-state index contributed by atoms with van der Waals surface area (Å²) in [6.45, 7) is 2.51. The molecule has 0 bridgehead atoms. The zero-order chi connectivity index (χ0) is 28.3. The average molecular weight is 578 g/mol. The summed E-state index contributed by atoms with van der Waals surface area (Å²) >= 11 is 0. The Morgan fingerprint density at radius 1 is 1.05 bits per heavy atom. The summed E-state index contributed by atoms with van der Waals surface area (Å²) < 4.78 is 75.4. The average Bonchev–Trinajstić information content (AvgIpc) is 3.11.